The van der Waals surface area contributed by atoms with Gasteiger partial charge in [-0.15, -0.1) is 0 Å². The van der Waals surface area contributed by atoms with E-state index in [1.54, 1.807) is 0 Å². The highest BCUT2D eigenvalue weighted by Crippen LogP contribution is 2.19. The molecule has 0 aromatic carbocycles. The van der Waals surface area contributed by atoms with Gasteiger partial charge in [0, 0.05) is 25.6 Å². The topological polar surface area (TPSA) is 32.3 Å². The number of piperidine rings is 1. The summed E-state index contributed by atoms with van der Waals surface area (Å²) in [5.41, 5.74) is 0. The second-order valence-corrected chi connectivity index (χ2v) is 5.40. The van der Waals surface area contributed by atoms with E-state index >= 15 is 0 Å². The molecule has 1 atom stereocenters. The zero-order valence-corrected chi connectivity index (χ0v) is 12.2. The first-order chi connectivity index (χ1) is 8.77. The van der Waals surface area contributed by atoms with E-state index in [1.807, 2.05) is 0 Å². The van der Waals surface area contributed by atoms with Gasteiger partial charge in [0.25, 0.3) is 0 Å². The van der Waals surface area contributed by atoms with Crippen molar-refractivity contribution in [1.29, 1.82) is 0 Å². The predicted molar refractivity (Wildman–Crippen MR) is 76.7 cm³/mol. The Morgan fingerprint density at radius 1 is 1.28 bits per heavy atom. The minimum Gasteiger partial charge on any atom is -0.356 e. The van der Waals surface area contributed by atoms with Crippen LogP contribution in [0.5, 0.6) is 0 Å². The molecule has 0 radical (unpaired) electrons. The monoisotopic (exact) mass is 254 g/mol. The highest BCUT2D eigenvalue weighted by atomic mass is 16.1. The smallest absolute Gasteiger partial charge is 0.221 e. The molecule has 0 spiro atoms. The van der Waals surface area contributed by atoms with E-state index in [9.17, 15) is 4.79 Å². The van der Waals surface area contributed by atoms with Crippen LogP contribution in [0.25, 0.3) is 0 Å². The first-order valence-electron chi connectivity index (χ1n) is 7.78. The van der Waals surface area contributed by atoms with Crippen molar-refractivity contribution in [2.24, 2.45) is 0 Å². The highest BCUT2D eigenvalue weighted by Gasteiger charge is 2.20. The van der Waals surface area contributed by atoms with Gasteiger partial charge in [0.1, 0.15) is 0 Å². The maximum Gasteiger partial charge on any atom is 0.221 e. The van der Waals surface area contributed by atoms with E-state index in [0.717, 1.165) is 19.5 Å². The summed E-state index contributed by atoms with van der Waals surface area (Å²) in [6.45, 7) is 7.42. The third-order valence-corrected chi connectivity index (χ3v) is 3.95. The van der Waals surface area contributed by atoms with Crippen molar-refractivity contribution in [2.45, 2.75) is 71.3 Å². The van der Waals surface area contributed by atoms with Gasteiger partial charge in [0.2, 0.25) is 5.91 Å². The van der Waals surface area contributed by atoms with Gasteiger partial charge in [-0.05, 0) is 32.2 Å². The molecule has 18 heavy (non-hydrogen) atoms. The van der Waals surface area contributed by atoms with Crippen LogP contribution in [0.3, 0.4) is 0 Å². The number of nitrogens with zero attached hydrogens (tertiary/aromatic N) is 1. The number of amides is 1. The van der Waals surface area contributed by atoms with Crippen LogP contribution in [0.2, 0.25) is 0 Å². The molecular weight excluding hydrogens is 224 g/mol. The molecule has 1 aliphatic rings. The summed E-state index contributed by atoms with van der Waals surface area (Å²) in [7, 11) is 0. The number of carbonyl (C=O) groups excluding carboxylic acids is 1. The minimum atomic E-state index is 0.228. The zero-order valence-electron chi connectivity index (χ0n) is 12.2. The number of hydrogen-bond donors (Lipinski definition) is 1. The lowest BCUT2D eigenvalue weighted by atomic mass is 10.00. The Balaban J connectivity index is 2.12. The molecule has 3 nitrogen and oxygen atoms in total. The number of rotatable bonds is 8. The van der Waals surface area contributed by atoms with Gasteiger partial charge in [0.15, 0.2) is 0 Å². The van der Waals surface area contributed by atoms with Crippen LogP contribution in [-0.4, -0.2) is 36.5 Å². The van der Waals surface area contributed by atoms with Crippen LogP contribution in [-0.2, 0) is 4.79 Å². The third kappa shape index (κ3) is 5.85. The normalized spacial score (nSPS) is 20.9. The molecule has 0 aromatic rings. The quantitative estimate of drug-likeness (QED) is 0.675. The number of likely N-dealkylation sites (tertiary alicyclic amines) is 1. The number of nitrogens with one attached hydrogen (secondary N) is 1. The Hall–Kier alpha value is -0.570. The van der Waals surface area contributed by atoms with Crippen molar-refractivity contribution >= 4 is 5.91 Å². The van der Waals surface area contributed by atoms with E-state index in [0.29, 0.717) is 12.5 Å². The lowest BCUT2D eigenvalue weighted by Crippen LogP contribution is -2.41. The van der Waals surface area contributed by atoms with Crippen LogP contribution in [0, 0.1) is 0 Å². The van der Waals surface area contributed by atoms with Gasteiger partial charge in [-0.2, -0.15) is 0 Å². The van der Waals surface area contributed by atoms with Gasteiger partial charge in [-0.25, -0.2) is 0 Å². The van der Waals surface area contributed by atoms with Gasteiger partial charge >= 0.3 is 0 Å². The lowest BCUT2D eigenvalue weighted by molar-refractivity contribution is -0.121. The molecule has 106 valence electrons. The van der Waals surface area contributed by atoms with Gasteiger partial charge in [-0.1, -0.05) is 33.1 Å². The van der Waals surface area contributed by atoms with Crippen molar-refractivity contribution in [2.75, 3.05) is 19.6 Å². The SMILES string of the molecule is CCCCCNC(=O)CCN1CCCCC1CC. The molecule has 1 rings (SSSR count). The molecule has 1 saturated heterocycles. The average Bonchev–Trinajstić information content (AvgIpc) is 2.41. The molecule has 1 fully saturated rings. The first kappa shape index (κ1) is 15.5. The summed E-state index contributed by atoms with van der Waals surface area (Å²) in [6.07, 6.45) is 9.40. The Bertz CT molecular complexity index is 231. The lowest BCUT2D eigenvalue weighted by Gasteiger charge is -2.35. The van der Waals surface area contributed by atoms with Crippen molar-refractivity contribution in [1.82, 2.24) is 10.2 Å². The molecule has 0 saturated carbocycles. The van der Waals surface area contributed by atoms with Crippen LogP contribution >= 0.6 is 0 Å². The molecule has 1 N–H and O–H groups in total. The van der Waals surface area contributed by atoms with E-state index in [1.165, 1.54) is 45.1 Å². The largest absolute Gasteiger partial charge is 0.356 e. The van der Waals surface area contributed by atoms with Crippen molar-refractivity contribution in [3.63, 3.8) is 0 Å². The second kappa shape index (κ2) is 9.37. The second-order valence-electron chi connectivity index (χ2n) is 5.40. The first-order valence-corrected chi connectivity index (χ1v) is 7.78. The fraction of sp³-hybridized carbons (Fsp3) is 0.933. The fourth-order valence-electron chi connectivity index (χ4n) is 2.75. The highest BCUT2D eigenvalue weighted by molar-refractivity contribution is 5.76. The minimum absolute atomic E-state index is 0.228. The van der Waals surface area contributed by atoms with Crippen LogP contribution in [0.4, 0.5) is 0 Å². The van der Waals surface area contributed by atoms with Crippen molar-refractivity contribution in [3.05, 3.63) is 0 Å². The van der Waals surface area contributed by atoms with Gasteiger partial charge in [0.05, 0.1) is 0 Å². The molecular formula is C15H30N2O. The van der Waals surface area contributed by atoms with E-state index < -0.39 is 0 Å². The van der Waals surface area contributed by atoms with Crippen molar-refractivity contribution < 1.29 is 4.79 Å². The predicted octanol–water partition coefficient (Wildman–Crippen LogP) is 2.95. The molecule has 1 heterocycles. The average molecular weight is 254 g/mol. The zero-order chi connectivity index (χ0) is 13.2. The van der Waals surface area contributed by atoms with Gasteiger partial charge in [-0.3, -0.25) is 9.69 Å². The van der Waals surface area contributed by atoms with Crippen LogP contribution in [0.1, 0.15) is 65.2 Å². The summed E-state index contributed by atoms with van der Waals surface area (Å²) in [5.74, 6) is 0.228. The molecule has 3 heteroatoms. The van der Waals surface area contributed by atoms with E-state index in [-0.39, 0.29) is 5.91 Å². The van der Waals surface area contributed by atoms with E-state index in [4.69, 9.17) is 0 Å². The van der Waals surface area contributed by atoms with E-state index in [2.05, 4.69) is 24.1 Å². The van der Waals surface area contributed by atoms with Crippen LogP contribution < -0.4 is 5.32 Å². The third-order valence-electron chi connectivity index (χ3n) is 3.95. The Morgan fingerprint density at radius 3 is 2.83 bits per heavy atom. The Morgan fingerprint density at radius 2 is 2.11 bits per heavy atom. The molecule has 0 aliphatic carbocycles. The molecule has 0 aromatic heterocycles. The number of hydrogen-bond acceptors (Lipinski definition) is 2. The maximum atomic E-state index is 11.7. The summed E-state index contributed by atoms with van der Waals surface area (Å²) in [6, 6.07) is 0.714. The Labute approximate surface area is 112 Å². The number of carbonyl (C=O) groups is 1. The fourth-order valence-corrected chi connectivity index (χ4v) is 2.75. The molecule has 1 amide bonds. The Kier molecular flexibility index (Phi) is 8.06. The van der Waals surface area contributed by atoms with Gasteiger partial charge < -0.3 is 5.32 Å². The summed E-state index contributed by atoms with van der Waals surface area (Å²) in [4.78, 5) is 14.2. The van der Waals surface area contributed by atoms with Crippen LogP contribution in [0.15, 0.2) is 0 Å². The van der Waals surface area contributed by atoms with Crippen molar-refractivity contribution in [3.8, 4) is 0 Å². The standard InChI is InChI=1S/C15H30N2O/c1-3-5-7-11-16-15(18)10-13-17-12-8-6-9-14(17)4-2/h14H,3-13H2,1-2H3,(H,16,18). The summed E-state index contributed by atoms with van der Waals surface area (Å²) in [5, 5.41) is 3.02. The summed E-state index contributed by atoms with van der Waals surface area (Å²) < 4.78 is 0. The molecule has 1 unspecified atom stereocenters. The summed E-state index contributed by atoms with van der Waals surface area (Å²) >= 11 is 0. The maximum absolute atomic E-state index is 11.7. The molecule has 0 bridgehead atoms. The number of unbranched alkanes of at least 4 members (excludes halogenated alkanes) is 2. The molecule has 1 aliphatic heterocycles.